The lowest BCUT2D eigenvalue weighted by Crippen LogP contribution is -2.31. The number of thioether (sulfide) groups is 1. The monoisotopic (exact) mass is 483 g/mol. The number of carbonyl (C=O) groups is 2. The molecule has 11 heteroatoms. The molecule has 1 aliphatic rings. The van der Waals surface area contributed by atoms with Crippen LogP contribution in [-0.4, -0.2) is 17.6 Å². The van der Waals surface area contributed by atoms with Crippen LogP contribution < -0.4 is 10.6 Å². The zero-order valence-corrected chi connectivity index (χ0v) is 17.7. The van der Waals surface area contributed by atoms with Crippen molar-refractivity contribution in [3.63, 3.8) is 0 Å². The predicted molar refractivity (Wildman–Crippen MR) is 112 cm³/mol. The van der Waals surface area contributed by atoms with Gasteiger partial charge in [0.2, 0.25) is 11.8 Å². The van der Waals surface area contributed by atoms with Crippen LogP contribution in [0.5, 0.6) is 0 Å². The lowest BCUT2D eigenvalue weighted by Gasteiger charge is -2.25. The van der Waals surface area contributed by atoms with E-state index in [4.69, 9.17) is 11.6 Å². The number of nitrogens with one attached hydrogen (secondary N) is 2. The number of allylic oxidation sites excluding steroid dienone is 1. The number of nitriles is 1. The van der Waals surface area contributed by atoms with Gasteiger partial charge < -0.3 is 10.6 Å². The Morgan fingerprint density at radius 2 is 1.94 bits per heavy atom. The third-order valence-corrected chi connectivity index (χ3v) is 5.88. The van der Waals surface area contributed by atoms with Crippen molar-refractivity contribution in [2.45, 2.75) is 18.5 Å². The first-order valence-corrected chi connectivity index (χ1v) is 10.4. The summed E-state index contributed by atoms with van der Waals surface area (Å²) < 4.78 is 52.1. The van der Waals surface area contributed by atoms with Crippen LogP contribution in [0.1, 0.15) is 23.5 Å². The van der Waals surface area contributed by atoms with Gasteiger partial charge in [0.15, 0.2) is 0 Å². The zero-order valence-electron chi connectivity index (χ0n) is 16.1. The Morgan fingerprint density at radius 3 is 2.56 bits per heavy atom. The number of benzene rings is 2. The largest absolute Gasteiger partial charge is 0.417 e. The smallest absolute Gasteiger partial charge is 0.325 e. The summed E-state index contributed by atoms with van der Waals surface area (Å²) >= 11 is 6.43. The molecule has 1 aliphatic heterocycles. The van der Waals surface area contributed by atoms with E-state index in [1.54, 1.807) is 0 Å². The number of halogens is 5. The summed E-state index contributed by atoms with van der Waals surface area (Å²) in [5.74, 6) is -2.37. The van der Waals surface area contributed by atoms with E-state index in [0.717, 1.165) is 23.9 Å². The fourth-order valence-electron chi connectivity index (χ4n) is 3.07. The van der Waals surface area contributed by atoms with Crippen LogP contribution in [0.2, 0.25) is 5.02 Å². The first-order chi connectivity index (χ1) is 15.1. The number of anilines is 1. The molecule has 0 aliphatic carbocycles. The van der Waals surface area contributed by atoms with Gasteiger partial charge in [0, 0.05) is 18.0 Å². The average Bonchev–Trinajstić information content (AvgIpc) is 2.73. The van der Waals surface area contributed by atoms with Gasteiger partial charge in [-0.2, -0.15) is 18.4 Å². The van der Waals surface area contributed by atoms with Gasteiger partial charge >= 0.3 is 6.18 Å². The molecule has 2 N–H and O–H groups in total. The van der Waals surface area contributed by atoms with Crippen LogP contribution in [0, 0.1) is 17.1 Å². The summed E-state index contributed by atoms with van der Waals surface area (Å²) in [5, 5.41) is 14.2. The molecule has 0 aromatic heterocycles. The predicted octanol–water partition coefficient (Wildman–Crippen LogP) is 5.21. The van der Waals surface area contributed by atoms with Gasteiger partial charge in [-0.05, 0) is 35.9 Å². The number of amides is 2. The van der Waals surface area contributed by atoms with Gasteiger partial charge in [-0.3, -0.25) is 9.59 Å². The van der Waals surface area contributed by atoms with Crippen molar-refractivity contribution in [3.8, 4) is 6.07 Å². The van der Waals surface area contributed by atoms with E-state index in [9.17, 15) is 32.4 Å². The molecular formula is C21H14ClF4N3O2S. The van der Waals surface area contributed by atoms with Crippen molar-refractivity contribution in [1.82, 2.24) is 5.32 Å². The van der Waals surface area contributed by atoms with Crippen LogP contribution in [-0.2, 0) is 15.8 Å². The first-order valence-electron chi connectivity index (χ1n) is 9.07. The Labute approximate surface area is 189 Å². The Kier molecular flexibility index (Phi) is 7.11. The van der Waals surface area contributed by atoms with Gasteiger partial charge in [0.25, 0.3) is 0 Å². The van der Waals surface area contributed by atoms with Gasteiger partial charge in [0.1, 0.15) is 5.82 Å². The number of hydrogen-bond acceptors (Lipinski definition) is 4. The average molecular weight is 484 g/mol. The number of hydrogen-bond donors (Lipinski definition) is 2. The second kappa shape index (κ2) is 9.63. The van der Waals surface area contributed by atoms with Gasteiger partial charge in [-0.15, -0.1) is 0 Å². The van der Waals surface area contributed by atoms with Gasteiger partial charge in [0.05, 0.1) is 33.0 Å². The van der Waals surface area contributed by atoms with Crippen LogP contribution in [0.25, 0.3) is 0 Å². The highest BCUT2D eigenvalue weighted by Gasteiger charge is 2.33. The highest BCUT2D eigenvalue weighted by molar-refractivity contribution is 8.03. The molecule has 3 rings (SSSR count). The molecule has 0 saturated heterocycles. The highest BCUT2D eigenvalue weighted by Crippen LogP contribution is 2.37. The van der Waals surface area contributed by atoms with Crippen LogP contribution >= 0.6 is 23.4 Å². The van der Waals surface area contributed by atoms with E-state index in [1.807, 2.05) is 6.07 Å². The summed E-state index contributed by atoms with van der Waals surface area (Å²) in [6, 6.07) is 10.4. The van der Waals surface area contributed by atoms with E-state index >= 15 is 0 Å². The van der Waals surface area contributed by atoms with Crippen molar-refractivity contribution < 1.29 is 27.2 Å². The van der Waals surface area contributed by atoms with Crippen molar-refractivity contribution >= 4 is 40.9 Å². The molecule has 166 valence electrons. The van der Waals surface area contributed by atoms with Gasteiger partial charge in [-0.25, -0.2) is 4.39 Å². The third kappa shape index (κ3) is 5.60. The quantitative estimate of drug-likeness (QED) is 0.572. The number of rotatable bonds is 5. The molecule has 0 radical (unpaired) electrons. The molecule has 0 bridgehead atoms. The van der Waals surface area contributed by atoms with E-state index in [1.165, 1.54) is 30.3 Å². The second-order valence-electron chi connectivity index (χ2n) is 6.74. The summed E-state index contributed by atoms with van der Waals surface area (Å²) in [6.07, 6.45) is -4.70. The SMILES string of the molecule is N#CC1=C(SCC(=O)Nc2ccc(Cl)c(C(F)(F)F)c2)NC(=O)C[C@H]1c1ccc(F)cc1. The molecule has 0 spiro atoms. The first kappa shape index (κ1) is 23.6. The molecule has 0 unspecified atom stereocenters. The minimum atomic E-state index is -4.68. The summed E-state index contributed by atoms with van der Waals surface area (Å²) in [4.78, 5) is 24.4. The standard InChI is InChI=1S/C21H14ClF4N3O2S/c22-17-6-5-13(7-16(17)21(24,25)26)28-19(31)10-32-20-15(9-27)14(8-18(30)29-20)11-1-3-12(23)4-2-11/h1-7,14H,8,10H2,(H,28,31)(H,29,30)/t14-/m0/s1. The Morgan fingerprint density at radius 1 is 1.25 bits per heavy atom. The third-order valence-electron chi connectivity index (χ3n) is 4.53. The summed E-state index contributed by atoms with van der Waals surface area (Å²) in [6.45, 7) is 0. The van der Waals surface area contributed by atoms with Crippen molar-refractivity contribution in [1.29, 1.82) is 5.26 Å². The maximum absolute atomic E-state index is 13.2. The topological polar surface area (TPSA) is 82.0 Å². The Balaban J connectivity index is 1.74. The molecule has 0 fully saturated rings. The van der Waals surface area contributed by atoms with E-state index in [-0.39, 0.29) is 34.4 Å². The normalized spacial score (nSPS) is 16.4. The molecule has 2 aromatic carbocycles. The van der Waals surface area contributed by atoms with E-state index < -0.39 is 34.4 Å². The molecule has 2 amide bonds. The molecular weight excluding hydrogens is 470 g/mol. The maximum atomic E-state index is 13.2. The maximum Gasteiger partial charge on any atom is 0.417 e. The summed E-state index contributed by atoms with van der Waals surface area (Å²) in [5.41, 5.74) is -0.402. The fourth-order valence-corrected chi connectivity index (χ4v) is 4.17. The van der Waals surface area contributed by atoms with Gasteiger partial charge in [-0.1, -0.05) is 35.5 Å². The molecule has 1 heterocycles. The summed E-state index contributed by atoms with van der Waals surface area (Å²) in [7, 11) is 0. The van der Waals surface area contributed by atoms with E-state index in [2.05, 4.69) is 10.6 Å². The molecule has 32 heavy (non-hydrogen) atoms. The Bertz CT molecular complexity index is 1130. The van der Waals surface area contributed by atoms with Crippen LogP contribution in [0.3, 0.4) is 0 Å². The fraction of sp³-hybridized carbons (Fsp3) is 0.190. The Hall–Kier alpha value is -3.03. The molecule has 0 saturated carbocycles. The van der Waals surface area contributed by atoms with E-state index in [0.29, 0.717) is 5.56 Å². The number of carbonyl (C=O) groups excluding carboxylic acids is 2. The minimum absolute atomic E-state index is 0.0181. The molecule has 2 aromatic rings. The zero-order chi connectivity index (χ0) is 23.5. The number of nitrogens with zero attached hydrogens (tertiary/aromatic N) is 1. The van der Waals surface area contributed by atoms with Crippen molar-refractivity contribution in [2.24, 2.45) is 0 Å². The molecule has 1 atom stereocenters. The number of alkyl halides is 3. The lowest BCUT2D eigenvalue weighted by molar-refractivity contribution is -0.137. The second-order valence-corrected chi connectivity index (χ2v) is 8.13. The molecule has 5 nitrogen and oxygen atoms in total. The minimum Gasteiger partial charge on any atom is -0.325 e. The van der Waals surface area contributed by atoms with Crippen molar-refractivity contribution in [2.75, 3.05) is 11.1 Å². The highest BCUT2D eigenvalue weighted by atomic mass is 35.5. The van der Waals surface area contributed by atoms with Crippen LogP contribution in [0.4, 0.5) is 23.2 Å². The van der Waals surface area contributed by atoms with Crippen molar-refractivity contribution in [3.05, 3.63) is 75.0 Å². The van der Waals surface area contributed by atoms with Crippen LogP contribution in [0.15, 0.2) is 53.1 Å². The lowest BCUT2D eigenvalue weighted by atomic mass is 9.87.